The molecule has 4 rings (SSSR count). The second kappa shape index (κ2) is 15.8. The summed E-state index contributed by atoms with van der Waals surface area (Å²) in [7, 11) is 3.12. The van der Waals surface area contributed by atoms with Crippen molar-refractivity contribution in [2.75, 3.05) is 27.2 Å². The topological polar surface area (TPSA) is 122 Å². The third kappa shape index (κ3) is 9.24. The molecule has 5 atom stereocenters. The molecule has 2 aliphatic rings. The number of ether oxygens (including phenoxy) is 2. The van der Waals surface area contributed by atoms with Gasteiger partial charge in [0, 0.05) is 26.1 Å². The molecule has 2 fully saturated rings. The van der Waals surface area contributed by atoms with E-state index in [2.05, 4.69) is 15.5 Å². The molecule has 0 bridgehead atoms. The van der Waals surface area contributed by atoms with Crippen LogP contribution in [0, 0.1) is 12.5 Å². The number of hydrogen-bond acceptors (Lipinski definition) is 6. The molecule has 0 spiro atoms. The minimum absolute atomic E-state index is 0.0568. The van der Waals surface area contributed by atoms with E-state index in [0.717, 1.165) is 16.9 Å². The molecule has 0 aromatic heterocycles. The van der Waals surface area contributed by atoms with Crippen LogP contribution in [0.2, 0.25) is 0 Å². The third-order valence-corrected chi connectivity index (χ3v) is 8.89. The van der Waals surface area contributed by atoms with E-state index in [1.165, 1.54) is 11.9 Å². The first-order valence-corrected chi connectivity index (χ1v) is 16.3. The van der Waals surface area contributed by atoms with Crippen LogP contribution in [0.25, 0.3) is 4.85 Å². The number of hydrogen-bond donors (Lipinski definition) is 2. The Morgan fingerprint density at radius 2 is 1.70 bits per heavy atom. The van der Waals surface area contributed by atoms with Crippen molar-refractivity contribution in [2.24, 2.45) is 5.92 Å². The highest BCUT2D eigenvalue weighted by Crippen LogP contribution is 2.34. The normalized spacial score (nSPS) is 21.4. The lowest BCUT2D eigenvalue weighted by Gasteiger charge is -2.34. The van der Waals surface area contributed by atoms with Gasteiger partial charge in [-0.15, -0.1) is 0 Å². The lowest BCUT2D eigenvalue weighted by atomic mass is 9.92. The van der Waals surface area contributed by atoms with Gasteiger partial charge in [0.05, 0.1) is 13.0 Å². The molecule has 47 heavy (non-hydrogen) atoms. The number of nitrogens with zero attached hydrogens (tertiary/aromatic N) is 3. The highest BCUT2D eigenvalue weighted by Gasteiger charge is 2.48. The number of methoxy groups -OCH3 is 1. The monoisotopic (exact) mass is 645 g/mol. The summed E-state index contributed by atoms with van der Waals surface area (Å²) in [6, 6.07) is 14.1. The van der Waals surface area contributed by atoms with Crippen molar-refractivity contribution >= 4 is 23.8 Å². The maximum Gasteiger partial charge on any atom is 0.410 e. The lowest BCUT2D eigenvalue weighted by molar-refractivity contribution is -0.144. The van der Waals surface area contributed by atoms with Crippen LogP contribution < -0.4 is 15.4 Å². The van der Waals surface area contributed by atoms with Gasteiger partial charge >= 0.3 is 6.09 Å². The predicted octanol–water partition coefficient (Wildman–Crippen LogP) is 4.01. The number of fused-ring (bicyclic) bond motifs is 1. The van der Waals surface area contributed by atoms with Crippen molar-refractivity contribution in [1.29, 1.82) is 0 Å². The lowest BCUT2D eigenvalue weighted by Crippen LogP contribution is -2.59. The van der Waals surface area contributed by atoms with E-state index in [1.807, 2.05) is 54.6 Å². The Labute approximate surface area is 277 Å². The fourth-order valence-electron chi connectivity index (χ4n) is 6.38. The molecule has 252 valence electrons. The van der Waals surface area contributed by atoms with Crippen LogP contribution in [-0.4, -0.2) is 90.6 Å². The molecule has 2 aliphatic heterocycles. The molecule has 0 saturated carbocycles. The molecule has 0 radical (unpaired) electrons. The summed E-state index contributed by atoms with van der Waals surface area (Å²) in [5.74, 6) is -0.780. The molecule has 4 amide bonds. The quantitative estimate of drug-likeness (QED) is 0.357. The molecule has 2 N–H and O–H groups in total. The molecular formula is C36H47N5O6. The number of rotatable bonds is 11. The fraction of sp³-hybridized carbons (Fsp3) is 0.528. The van der Waals surface area contributed by atoms with Crippen molar-refractivity contribution in [3.63, 3.8) is 0 Å². The highest BCUT2D eigenvalue weighted by atomic mass is 16.6. The first-order valence-electron chi connectivity index (χ1n) is 16.3. The van der Waals surface area contributed by atoms with E-state index in [-0.39, 0.29) is 30.8 Å². The van der Waals surface area contributed by atoms with Gasteiger partial charge in [-0.1, -0.05) is 42.5 Å². The summed E-state index contributed by atoms with van der Waals surface area (Å²) >= 11 is 0. The number of benzene rings is 2. The number of amides is 4. The Morgan fingerprint density at radius 1 is 1.02 bits per heavy atom. The van der Waals surface area contributed by atoms with E-state index in [9.17, 15) is 19.2 Å². The van der Waals surface area contributed by atoms with Crippen LogP contribution in [0.15, 0.2) is 54.6 Å². The van der Waals surface area contributed by atoms with Gasteiger partial charge in [0.25, 0.3) is 0 Å². The largest absolute Gasteiger partial charge is 0.497 e. The molecule has 2 heterocycles. The molecular weight excluding hydrogens is 598 g/mol. The minimum Gasteiger partial charge on any atom is -0.497 e. The molecule has 0 unspecified atom stereocenters. The van der Waals surface area contributed by atoms with Crippen LogP contribution >= 0.6 is 0 Å². The summed E-state index contributed by atoms with van der Waals surface area (Å²) in [6.07, 6.45) is 2.55. The van der Waals surface area contributed by atoms with E-state index in [1.54, 1.807) is 32.8 Å². The number of nitrogens with one attached hydrogen (secondary N) is 2. The standard InChI is InChI=1S/C36H47N5O6/c1-36(2,3)47-35(45)40(5)30(22-25-10-8-7-9-11-25)33(43)39-31-26(23-37-4)14-15-27-16-19-29(41(27)34(31)44)32(42)38-21-20-24-12-17-28(46-6)18-13-24/h7-13,17-18,26-27,29-31H,14-16,19-23H2,1-3,5-6H3,(H,38,42)(H,39,43)/t26-,27+,29+,30-,31+/m1/s1. The van der Waals surface area contributed by atoms with Crippen LogP contribution in [0.4, 0.5) is 4.79 Å². The average Bonchev–Trinajstić information content (AvgIpc) is 3.43. The van der Waals surface area contributed by atoms with Crippen molar-refractivity contribution in [3.05, 3.63) is 77.1 Å². The number of carbonyl (C=O) groups excluding carboxylic acids is 4. The molecule has 2 saturated heterocycles. The van der Waals surface area contributed by atoms with E-state index < -0.39 is 41.6 Å². The van der Waals surface area contributed by atoms with Gasteiger partial charge in [-0.25, -0.2) is 11.4 Å². The van der Waals surface area contributed by atoms with E-state index in [4.69, 9.17) is 16.0 Å². The van der Waals surface area contributed by atoms with Crippen LogP contribution in [0.5, 0.6) is 5.75 Å². The van der Waals surface area contributed by atoms with Crippen LogP contribution in [-0.2, 0) is 32.0 Å². The highest BCUT2D eigenvalue weighted by molar-refractivity contribution is 5.95. The Hall–Kier alpha value is -4.59. The summed E-state index contributed by atoms with van der Waals surface area (Å²) in [5.41, 5.74) is 1.11. The second-order valence-electron chi connectivity index (χ2n) is 13.3. The Morgan fingerprint density at radius 3 is 2.34 bits per heavy atom. The zero-order chi connectivity index (χ0) is 34.1. The third-order valence-electron chi connectivity index (χ3n) is 8.89. The van der Waals surface area contributed by atoms with Gasteiger partial charge in [-0.2, -0.15) is 0 Å². The van der Waals surface area contributed by atoms with Gasteiger partial charge in [0.15, 0.2) is 0 Å². The molecule has 0 aliphatic carbocycles. The van der Waals surface area contributed by atoms with Gasteiger partial charge in [0.2, 0.25) is 24.3 Å². The van der Waals surface area contributed by atoms with Crippen LogP contribution in [0.3, 0.4) is 0 Å². The van der Waals surface area contributed by atoms with Crippen molar-refractivity contribution in [3.8, 4) is 5.75 Å². The van der Waals surface area contributed by atoms with E-state index >= 15 is 0 Å². The van der Waals surface area contributed by atoms with Gasteiger partial charge in [0.1, 0.15) is 29.5 Å². The molecule has 11 nitrogen and oxygen atoms in total. The zero-order valence-corrected chi connectivity index (χ0v) is 28.0. The number of carbonyl (C=O) groups is 4. The maximum absolute atomic E-state index is 14.3. The smallest absolute Gasteiger partial charge is 0.410 e. The van der Waals surface area contributed by atoms with Gasteiger partial charge in [-0.05, 0) is 76.1 Å². The Balaban J connectivity index is 1.52. The SMILES string of the molecule is [C-]#[N+]C[C@H]1CC[C@H]2CC[C@@H](C(=O)NCCc3ccc(OC)cc3)N2C(=O)[C@H]1NC(=O)[C@@H](Cc1ccccc1)N(C)C(=O)OC(C)(C)C. The average molecular weight is 646 g/mol. The first-order chi connectivity index (χ1) is 22.4. The number of likely N-dealkylation sites (N-methyl/N-ethyl adjacent to an activating group) is 1. The Kier molecular flexibility index (Phi) is 11.9. The summed E-state index contributed by atoms with van der Waals surface area (Å²) in [4.78, 5) is 61.4. The van der Waals surface area contributed by atoms with Crippen molar-refractivity contribution < 1.29 is 28.7 Å². The molecule has 2 aromatic carbocycles. The van der Waals surface area contributed by atoms with Gasteiger partial charge < -0.3 is 29.9 Å². The molecule has 2 aromatic rings. The van der Waals surface area contributed by atoms with Crippen molar-refractivity contribution in [2.45, 2.75) is 89.1 Å². The zero-order valence-electron chi connectivity index (χ0n) is 28.0. The van der Waals surface area contributed by atoms with Crippen LogP contribution in [0.1, 0.15) is 57.6 Å². The molecule has 11 heteroatoms. The summed E-state index contributed by atoms with van der Waals surface area (Å²) in [5, 5.41) is 5.94. The first kappa shape index (κ1) is 35.3. The maximum atomic E-state index is 14.3. The second-order valence-corrected chi connectivity index (χ2v) is 13.3. The fourth-order valence-corrected chi connectivity index (χ4v) is 6.38. The summed E-state index contributed by atoms with van der Waals surface area (Å²) < 4.78 is 10.8. The summed E-state index contributed by atoms with van der Waals surface area (Å²) in [6.45, 7) is 13.3. The van der Waals surface area contributed by atoms with Gasteiger partial charge in [-0.3, -0.25) is 19.3 Å². The minimum atomic E-state index is -1.01. The van der Waals surface area contributed by atoms with E-state index in [0.29, 0.717) is 38.6 Å². The predicted molar refractivity (Wildman–Crippen MR) is 177 cm³/mol. The Bertz CT molecular complexity index is 1430. The van der Waals surface area contributed by atoms with Crippen molar-refractivity contribution in [1.82, 2.24) is 20.4 Å².